The average molecular weight is 452 g/mol. The van der Waals surface area contributed by atoms with Crippen molar-refractivity contribution in [3.63, 3.8) is 0 Å². The summed E-state index contributed by atoms with van der Waals surface area (Å²) in [5, 5.41) is 11.9. The van der Waals surface area contributed by atoms with Gasteiger partial charge in [0.25, 0.3) is 5.91 Å². The summed E-state index contributed by atoms with van der Waals surface area (Å²) >= 11 is 0. The molecule has 1 aliphatic heterocycles. The highest BCUT2D eigenvalue weighted by atomic mass is 16.5. The van der Waals surface area contributed by atoms with Crippen LogP contribution < -0.4 is 20.3 Å². The van der Waals surface area contributed by atoms with Gasteiger partial charge in [-0.2, -0.15) is 5.10 Å². The number of amides is 1. The summed E-state index contributed by atoms with van der Waals surface area (Å²) in [7, 11) is 3.47. The number of nitrogens with one attached hydrogen (secondary N) is 2. The van der Waals surface area contributed by atoms with Crippen molar-refractivity contribution in [1.82, 2.24) is 25.1 Å². The van der Waals surface area contributed by atoms with E-state index >= 15 is 0 Å². The zero-order valence-electron chi connectivity index (χ0n) is 19.0. The van der Waals surface area contributed by atoms with Gasteiger partial charge < -0.3 is 25.0 Å². The summed E-state index contributed by atoms with van der Waals surface area (Å²) in [5.41, 5.74) is 1.59. The first-order valence-electron chi connectivity index (χ1n) is 11.3. The monoisotopic (exact) mass is 451 g/mol. The molecule has 0 bridgehead atoms. The molecule has 10 nitrogen and oxygen atoms in total. The highest BCUT2D eigenvalue weighted by Gasteiger charge is 2.29. The maximum atomic E-state index is 12.9. The Morgan fingerprint density at radius 2 is 2.03 bits per heavy atom. The van der Waals surface area contributed by atoms with E-state index in [1.165, 1.54) is 19.0 Å². The number of methoxy groups -OCH3 is 1. The minimum atomic E-state index is -0.344. The highest BCUT2D eigenvalue weighted by molar-refractivity contribution is 6.04. The van der Waals surface area contributed by atoms with Crippen molar-refractivity contribution in [2.75, 3.05) is 43.6 Å². The molecule has 1 atom stereocenters. The SMILES string of the molecule is COCCOc1cc2nn(C)cc2cc1NC(=O)c1cnc(N2CC[C@H](NC3CC3)C2)cn1. The molecular formula is C23H29N7O3. The first-order chi connectivity index (χ1) is 16.1. The van der Waals surface area contributed by atoms with E-state index in [0.29, 0.717) is 36.7 Å². The lowest BCUT2D eigenvalue weighted by atomic mass is 10.2. The van der Waals surface area contributed by atoms with Gasteiger partial charge in [-0.15, -0.1) is 0 Å². The van der Waals surface area contributed by atoms with Crippen LogP contribution in [-0.4, -0.2) is 71.2 Å². The molecule has 1 saturated carbocycles. The maximum absolute atomic E-state index is 12.9. The van der Waals surface area contributed by atoms with Crippen molar-refractivity contribution >= 4 is 28.3 Å². The van der Waals surface area contributed by atoms with Gasteiger partial charge in [0.05, 0.1) is 30.2 Å². The number of hydrogen-bond acceptors (Lipinski definition) is 8. The molecular weight excluding hydrogens is 422 g/mol. The fraction of sp³-hybridized carbons (Fsp3) is 0.478. The smallest absolute Gasteiger partial charge is 0.275 e. The van der Waals surface area contributed by atoms with Gasteiger partial charge in [-0.05, 0) is 25.3 Å². The van der Waals surface area contributed by atoms with E-state index in [9.17, 15) is 4.79 Å². The molecule has 2 fully saturated rings. The molecule has 2 aromatic heterocycles. The van der Waals surface area contributed by atoms with Crippen LogP contribution >= 0.6 is 0 Å². The third kappa shape index (κ3) is 5.07. The minimum Gasteiger partial charge on any atom is -0.489 e. The molecule has 1 aliphatic carbocycles. The van der Waals surface area contributed by atoms with Crippen molar-refractivity contribution in [3.8, 4) is 5.75 Å². The minimum absolute atomic E-state index is 0.250. The molecule has 10 heteroatoms. The van der Waals surface area contributed by atoms with Gasteiger partial charge in [0.15, 0.2) is 0 Å². The number of carbonyl (C=O) groups excluding carboxylic acids is 1. The summed E-state index contributed by atoms with van der Waals surface area (Å²) < 4.78 is 12.6. The molecule has 3 heterocycles. The van der Waals surface area contributed by atoms with Gasteiger partial charge in [0, 0.05) is 57.0 Å². The number of hydrogen-bond donors (Lipinski definition) is 2. The standard InChI is InChI=1S/C23H29N7O3/c1-29-13-15-9-19(21(10-18(15)28-29)33-8-7-32-2)27-23(31)20-11-25-22(12-24-20)30-6-5-17(14-30)26-16-3-4-16/h9-13,16-17,26H,3-8,14H2,1-2H3,(H,27,31)/t17-/m0/s1. The van der Waals surface area contributed by atoms with Crippen molar-refractivity contribution < 1.29 is 14.3 Å². The molecule has 0 radical (unpaired) electrons. The molecule has 1 saturated heterocycles. The number of ether oxygens (including phenoxy) is 2. The lowest BCUT2D eigenvalue weighted by Crippen LogP contribution is -2.34. The number of carbonyl (C=O) groups is 1. The molecule has 174 valence electrons. The largest absolute Gasteiger partial charge is 0.489 e. The fourth-order valence-electron chi connectivity index (χ4n) is 4.10. The second kappa shape index (κ2) is 9.32. The molecule has 2 aliphatic rings. The van der Waals surface area contributed by atoms with Crippen LogP contribution in [0.2, 0.25) is 0 Å². The maximum Gasteiger partial charge on any atom is 0.275 e. The molecule has 5 rings (SSSR count). The molecule has 33 heavy (non-hydrogen) atoms. The number of nitrogens with zero attached hydrogens (tertiary/aromatic N) is 5. The number of anilines is 2. The van der Waals surface area contributed by atoms with Gasteiger partial charge in [-0.25, -0.2) is 9.97 Å². The Labute approximate surface area is 192 Å². The number of fused-ring (bicyclic) bond motifs is 1. The van der Waals surface area contributed by atoms with E-state index in [2.05, 4.69) is 30.6 Å². The quantitative estimate of drug-likeness (QED) is 0.476. The number of rotatable bonds is 9. The predicted octanol–water partition coefficient (Wildman–Crippen LogP) is 1.97. The van der Waals surface area contributed by atoms with Crippen LogP contribution in [0.1, 0.15) is 29.8 Å². The number of benzene rings is 1. The van der Waals surface area contributed by atoms with E-state index in [1.807, 2.05) is 25.4 Å². The van der Waals surface area contributed by atoms with Gasteiger partial charge >= 0.3 is 0 Å². The van der Waals surface area contributed by atoms with Crippen molar-refractivity contribution in [3.05, 3.63) is 36.4 Å². The molecule has 1 aromatic carbocycles. The molecule has 0 unspecified atom stereocenters. The van der Waals surface area contributed by atoms with Gasteiger partial charge in [-0.1, -0.05) is 0 Å². The van der Waals surface area contributed by atoms with Crippen LogP contribution in [0.15, 0.2) is 30.7 Å². The number of aryl methyl sites for hydroxylation is 1. The summed E-state index contributed by atoms with van der Waals surface area (Å²) in [6, 6.07) is 4.86. The van der Waals surface area contributed by atoms with Crippen LogP contribution in [0.3, 0.4) is 0 Å². The Balaban J connectivity index is 1.28. The zero-order chi connectivity index (χ0) is 22.8. The van der Waals surface area contributed by atoms with Crippen LogP contribution in [0.25, 0.3) is 10.9 Å². The van der Waals surface area contributed by atoms with Crippen molar-refractivity contribution in [2.24, 2.45) is 7.05 Å². The third-order valence-corrected chi connectivity index (χ3v) is 5.95. The van der Waals surface area contributed by atoms with Crippen LogP contribution in [0.5, 0.6) is 5.75 Å². The predicted molar refractivity (Wildman–Crippen MR) is 125 cm³/mol. The zero-order valence-corrected chi connectivity index (χ0v) is 19.0. The first kappa shape index (κ1) is 21.6. The van der Waals surface area contributed by atoms with E-state index < -0.39 is 0 Å². The van der Waals surface area contributed by atoms with Gasteiger partial charge in [0.1, 0.15) is 23.9 Å². The van der Waals surface area contributed by atoms with Crippen molar-refractivity contribution in [1.29, 1.82) is 0 Å². The van der Waals surface area contributed by atoms with Gasteiger partial charge in [-0.3, -0.25) is 9.48 Å². The third-order valence-electron chi connectivity index (χ3n) is 5.95. The summed E-state index contributed by atoms with van der Waals surface area (Å²) in [6.45, 7) is 2.66. The Bertz CT molecular complexity index is 1130. The van der Waals surface area contributed by atoms with Crippen LogP contribution in [0.4, 0.5) is 11.5 Å². The van der Waals surface area contributed by atoms with Gasteiger partial charge in [0.2, 0.25) is 0 Å². The Morgan fingerprint density at radius 1 is 1.15 bits per heavy atom. The van der Waals surface area contributed by atoms with E-state index in [-0.39, 0.29) is 11.6 Å². The van der Waals surface area contributed by atoms with E-state index in [1.54, 1.807) is 18.0 Å². The Morgan fingerprint density at radius 3 is 2.79 bits per heavy atom. The van der Waals surface area contributed by atoms with Crippen LogP contribution in [0, 0.1) is 0 Å². The topological polar surface area (TPSA) is 106 Å². The number of aromatic nitrogens is 4. The Kier molecular flexibility index (Phi) is 6.10. The molecule has 1 amide bonds. The average Bonchev–Trinajstić information content (AvgIpc) is 3.37. The highest BCUT2D eigenvalue weighted by Crippen LogP contribution is 2.30. The second-order valence-electron chi connectivity index (χ2n) is 8.64. The second-order valence-corrected chi connectivity index (χ2v) is 8.64. The molecule has 3 aromatic rings. The summed E-state index contributed by atoms with van der Waals surface area (Å²) in [6.07, 6.45) is 8.76. The lowest BCUT2D eigenvalue weighted by Gasteiger charge is -2.17. The van der Waals surface area contributed by atoms with Crippen molar-refractivity contribution in [2.45, 2.75) is 31.3 Å². The Hall–Kier alpha value is -3.24. The van der Waals surface area contributed by atoms with E-state index in [0.717, 1.165) is 36.2 Å². The molecule has 2 N–H and O–H groups in total. The lowest BCUT2D eigenvalue weighted by molar-refractivity contribution is 0.102. The molecule has 0 spiro atoms. The first-order valence-corrected chi connectivity index (χ1v) is 11.3. The normalized spacial score (nSPS) is 18.1. The van der Waals surface area contributed by atoms with Crippen LogP contribution in [-0.2, 0) is 11.8 Å². The van der Waals surface area contributed by atoms with E-state index in [4.69, 9.17) is 9.47 Å². The fourth-order valence-corrected chi connectivity index (χ4v) is 4.10. The summed E-state index contributed by atoms with van der Waals surface area (Å²) in [4.78, 5) is 24.0. The summed E-state index contributed by atoms with van der Waals surface area (Å²) in [5.74, 6) is 0.984.